The zero-order chi connectivity index (χ0) is 15.3. The molecule has 0 bridgehead atoms. The summed E-state index contributed by atoms with van der Waals surface area (Å²) in [7, 11) is 0. The highest BCUT2D eigenvalue weighted by Crippen LogP contribution is 2.24. The number of anilines is 2. The van der Waals surface area contributed by atoms with Crippen molar-refractivity contribution in [1.82, 2.24) is 9.97 Å². The van der Waals surface area contributed by atoms with E-state index in [9.17, 15) is 0 Å². The predicted molar refractivity (Wildman–Crippen MR) is 84.0 cm³/mol. The Balaban J connectivity index is 2.67. The predicted octanol–water partition coefficient (Wildman–Crippen LogP) is 2.75. The Morgan fingerprint density at radius 1 is 1.25 bits per heavy atom. The maximum atomic E-state index is 5.97. The molecule has 0 aromatic carbocycles. The van der Waals surface area contributed by atoms with Gasteiger partial charge in [-0.15, -0.1) is 0 Å². The molecular formula is C15H28N4O. The van der Waals surface area contributed by atoms with Crippen molar-refractivity contribution in [2.75, 3.05) is 30.8 Å². The normalized spacial score (nSPS) is 11.9. The Hall–Kier alpha value is -1.36. The highest BCUT2D eigenvalue weighted by Gasteiger charge is 2.20. The van der Waals surface area contributed by atoms with Crippen LogP contribution in [0.4, 0.5) is 11.6 Å². The average molecular weight is 280 g/mol. The molecular weight excluding hydrogens is 252 g/mol. The van der Waals surface area contributed by atoms with Crippen LogP contribution in [0.25, 0.3) is 0 Å². The van der Waals surface area contributed by atoms with Gasteiger partial charge in [-0.3, -0.25) is 0 Å². The molecule has 1 rings (SSSR count). The van der Waals surface area contributed by atoms with Crippen LogP contribution in [0.3, 0.4) is 0 Å². The largest absolute Gasteiger partial charge is 0.383 e. The molecule has 0 aliphatic carbocycles. The number of hydrogen-bond donors (Lipinski definition) is 2. The molecule has 0 fully saturated rings. The summed E-state index contributed by atoms with van der Waals surface area (Å²) in [6.07, 6.45) is 0. The summed E-state index contributed by atoms with van der Waals surface area (Å²) < 4.78 is 5.55. The molecule has 0 saturated carbocycles. The van der Waals surface area contributed by atoms with Crippen LogP contribution < -0.4 is 11.1 Å². The Morgan fingerprint density at radius 3 is 2.45 bits per heavy atom. The topological polar surface area (TPSA) is 73.1 Å². The molecule has 1 aromatic rings. The first-order chi connectivity index (χ1) is 9.21. The van der Waals surface area contributed by atoms with Crippen molar-refractivity contribution in [3.8, 4) is 0 Å². The second-order valence-corrected chi connectivity index (χ2v) is 6.55. The van der Waals surface area contributed by atoms with Gasteiger partial charge in [0.25, 0.3) is 0 Å². The monoisotopic (exact) mass is 280 g/mol. The minimum atomic E-state index is -0.119. The molecule has 1 aromatic heterocycles. The first-order valence-corrected chi connectivity index (χ1v) is 7.18. The van der Waals surface area contributed by atoms with Gasteiger partial charge in [0.2, 0.25) is 0 Å². The summed E-state index contributed by atoms with van der Waals surface area (Å²) >= 11 is 0. The molecule has 1 heterocycles. The van der Waals surface area contributed by atoms with Crippen molar-refractivity contribution in [3.63, 3.8) is 0 Å². The van der Waals surface area contributed by atoms with E-state index in [-0.39, 0.29) is 5.41 Å². The molecule has 0 unspecified atom stereocenters. The number of ether oxygens (including phenoxy) is 1. The SMILES string of the molecule is Cc1c(N)nc(C(C)(C)C)nc1NCCOCC(C)C. The van der Waals surface area contributed by atoms with Crippen LogP contribution in [-0.4, -0.2) is 29.7 Å². The fourth-order valence-electron chi connectivity index (χ4n) is 1.60. The van der Waals surface area contributed by atoms with E-state index in [1.807, 2.05) is 6.92 Å². The van der Waals surface area contributed by atoms with E-state index in [0.717, 1.165) is 23.8 Å². The maximum Gasteiger partial charge on any atom is 0.138 e. The van der Waals surface area contributed by atoms with Gasteiger partial charge >= 0.3 is 0 Å². The van der Waals surface area contributed by atoms with E-state index in [2.05, 4.69) is 49.9 Å². The van der Waals surface area contributed by atoms with E-state index in [1.165, 1.54) is 0 Å². The Morgan fingerprint density at radius 2 is 1.90 bits per heavy atom. The summed E-state index contributed by atoms with van der Waals surface area (Å²) in [5.74, 6) is 2.65. The van der Waals surface area contributed by atoms with Gasteiger partial charge in [0, 0.05) is 24.1 Å². The molecule has 0 saturated heterocycles. The van der Waals surface area contributed by atoms with Crippen molar-refractivity contribution < 1.29 is 4.74 Å². The van der Waals surface area contributed by atoms with Crippen LogP contribution in [0.15, 0.2) is 0 Å². The number of aromatic nitrogens is 2. The summed E-state index contributed by atoms with van der Waals surface area (Å²) in [4.78, 5) is 8.95. The second kappa shape index (κ2) is 6.88. The first-order valence-electron chi connectivity index (χ1n) is 7.18. The van der Waals surface area contributed by atoms with Gasteiger partial charge in [-0.2, -0.15) is 0 Å². The molecule has 20 heavy (non-hydrogen) atoms. The van der Waals surface area contributed by atoms with Crippen LogP contribution in [-0.2, 0) is 10.2 Å². The van der Waals surface area contributed by atoms with E-state index in [0.29, 0.717) is 24.9 Å². The van der Waals surface area contributed by atoms with Gasteiger partial charge < -0.3 is 15.8 Å². The van der Waals surface area contributed by atoms with E-state index >= 15 is 0 Å². The molecule has 0 amide bonds. The minimum Gasteiger partial charge on any atom is -0.383 e. The number of rotatable bonds is 6. The van der Waals surface area contributed by atoms with Crippen LogP contribution in [0.5, 0.6) is 0 Å². The third-order valence-electron chi connectivity index (χ3n) is 2.84. The summed E-state index contributed by atoms with van der Waals surface area (Å²) in [6, 6.07) is 0. The lowest BCUT2D eigenvalue weighted by atomic mass is 9.95. The summed E-state index contributed by atoms with van der Waals surface area (Å²) in [6.45, 7) is 14.6. The standard InChI is InChI=1S/C15H28N4O/c1-10(2)9-20-8-7-17-13-11(3)12(16)18-14(19-13)15(4,5)6/h10H,7-9H2,1-6H3,(H3,16,17,18,19). The number of nitrogens with zero attached hydrogens (tertiary/aromatic N) is 2. The fourth-order valence-corrected chi connectivity index (χ4v) is 1.60. The zero-order valence-electron chi connectivity index (χ0n) is 13.6. The molecule has 0 aliphatic rings. The van der Waals surface area contributed by atoms with Crippen molar-refractivity contribution in [1.29, 1.82) is 0 Å². The quantitative estimate of drug-likeness (QED) is 0.784. The average Bonchev–Trinajstić information content (AvgIpc) is 2.31. The summed E-state index contributed by atoms with van der Waals surface area (Å²) in [5.41, 5.74) is 6.74. The van der Waals surface area contributed by atoms with E-state index < -0.39 is 0 Å². The van der Waals surface area contributed by atoms with Gasteiger partial charge in [-0.25, -0.2) is 9.97 Å². The number of nitrogens with two attached hydrogens (primary N) is 1. The van der Waals surface area contributed by atoms with Gasteiger partial charge in [0.15, 0.2) is 0 Å². The Kier molecular flexibility index (Phi) is 5.74. The minimum absolute atomic E-state index is 0.119. The zero-order valence-corrected chi connectivity index (χ0v) is 13.6. The highest BCUT2D eigenvalue weighted by molar-refractivity contribution is 5.55. The smallest absolute Gasteiger partial charge is 0.138 e. The third-order valence-corrected chi connectivity index (χ3v) is 2.84. The first kappa shape index (κ1) is 16.7. The molecule has 5 heteroatoms. The van der Waals surface area contributed by atoms with Gasteiger partial charge in [-0.1, -0.05) is 34.6 Å². The van der Waals surface area contributed by atoms with Crippen LogP contribution in [0.2, 0.25) is 0 Å². The number of nitrogens with one attached hydrogen (secondary N) is 1. The third kappa shape index (κ3) is 4.96. The van der Waals surface area contributed by atoms with E-state index in [4.69, 9.17) is 10.5 Å². The van der Waals surface area contributed by atoms with Crippen molar-refractivity contribution >= 4 is 11.6 Å². The van der Waals surface area contributed by atoms with Crippen molar-refractivity contribution in [3.05, 3.63) is 11.4 Å². The van der Waals surface area contributed by atoms with Crippen LogP contribution >= 0.6 is 0 Å². The highest BCUT2D eigenvalue weighted by atomic mass is 16.5. The molecule has 3 N–H and O–H groups in total. The lowest BCUT2D eigenvalue weighted by Gasteiger charge is -2.19. The molecule has 0 aliphatic heterocycles. The van der Waals surface area contributed by atoms with Crippen molar-refractivity contribution in [2.45, 2.75) is 47.0 Å². The van der Waals surface area contributed by atoms with Gasteiger partial charge in [0.1, 0.15) is 17.5 Å². The van der Waals surface area contributed by atoms with Gasteiger partial charge in [0.05, 0.1) is 6.61 Å². The maximum absolute atomic E-state index is 5.97. The lowest BCUT2D eigenvalue weighted by Crippen LogP contribution is -2.20. The van der Waals surface area contributed by atoms with E-state index in [1.54, 1.807) is 0 Å². The van der Waals surface area contributed by atoms with Crippen LogP contribution in [0.1, 0.15) is 46.0 Å². The molecule has 0 radical (unpaired) electrons. The summed E-state index contributed by atoms with van der Waals surface area (Å²) in [5, 5.41) is 3.28. The molecule has 114 valence electrons. The number of nitrogen functional groups attached to an aromatic ring is 1. The molecule has 5 nitrogen and oxygen atoms in total. The lowest BCUT2D eigenvalue weighted by molar-refractivity contribution is 0.118. The fraction of sp³-hybridized carbons (Fsp3) is 0.733. The molecule has 0 spiro atoms. The molecule has 0 atom stereocenters. The van der Waals surface area contributed by atoms with Crippen LogP contribution in [0, 0.1) is 12.8 Å². The number of hydrogen-bond acceptors (Lipinski definition) is 5. The Labute approximate surface area is 122 Å². The second-order valence-electron chi connectivity index (χ2n) is 6.55. The van der Waals surface area contributed by atoms with Gasteiger partial charge in [-0.05, 0) is 12.8 Å². The Bertz CT molecular complexity index is 438. The van der Waals surface area contributed by atoms with Crippen molar-refractivity contribution in [2.24, 2.45) is 5.92 Å².